The first-order chi connectivity index (χ1) is 7.59. The highest BCUT2D eigenvalue weighted by Crippen LogP contribution is 2.07. The summed E-state index contributed by atoms with van der Waals surface area (Å²) >= 11 is 5.69. The molecule has 6 heteroatoms. The summed E-state index contributed by atoms with van der Waals surface area (Å²) in [7, 11) is 0. The van der Waals surface area contributed by atoms with E-state index < -0.39 is 5.97 Å². The number of nitrogens with zero attached hydrogens (tertiary/aromatic N) is 1. The number of aliphatic carboxylic acids is 1. The molecule has 0 unspecified atom stereocenters. The topological polar surface area (TPSA) is 79.3 Å². The van der Waals surface area contributed by atoms with Crippen LogP contribution in [0.1, 0.15) is 23.3 Å². The van der Waals surface area contributed by atoms with E-state index in [0.29, 0.717) is 18.0 Å². The second kappa shape index (κ2) is 6.07. The van der Waals surface area contributed by atoms with Gasteiger partial charge in [0.25, 0.3) is 5.91 Å². The van der Waals surface area contributed by atoms with Gasteiger partial charge in [-0.1, -0.05) is 11.6 Å². The number of nitrogens with one attached hydrogen (secondary N) is 1. The molecule has 1 aromatic rings. The lowest BCUT2D eigenvalue weighted by molar-refractivity contribution is -0.137. The van der Waals surface area contributed by atoms with Crippen LogP contribution in [0.4, 0.5) is 0 Å². The first-order valence-electron chi connectivity index (χ1n) is 4.71. The highest BCUT2D eigenvalue weighted by atomic mass is 35.5. The Morgan fingerprint density at radius 1 is 1.50 bits per heavy atom. The van der Waals surface area contributed by atoms with Crippen LogP contribution in [0.2, 0.25) is 5.02 Å². The largest absolute Gasteiger partial charge is 0.481 e. The van der Waals surface area contributed by atoms with Crippen molar-refractivity contribution in [2.24, 2.45) is 0 Å². The van der Waals surface area contributed by atoms with Gasteiger partial charge in [-0.05, 0) is 18.6 Å². The van der Waals surface area contributed by atoms with Crippen LogP contribution in [-0.2, 0) is 4.79 Å². The van der Waals surface area contributed by atoms with E-state index in [1.807, 2.05) is 0 Å². The molecular weight excluding hydrogens is 232 g/mol. The Morgan fingerprint density at radius 3 is 2.88 bits per heavy atom. The highest BCUT2D eigenvalue weighted by molar-refractivity contribution is 6.30. The number of carbonyl (C=O) groups excluding carboxylic acids is 1. The molecule has 0 aliphatic rings. The van der Waals surface area contributed by atoms with Crippen LogP contribution in [0.25, 0.3) is 0 Å². The summed E-state index contributed by atoms with van der Waals surface area (Å²) in [5.74, 6) is -1.23. The summed E-state index contributed by atoms with van der Waals surface area (Å²) in [6.07, 6.45) is 1.86. The van der Waals surface area contributed by atoms with Crippen molar-refractivity contribution in [3.05, 3.63) is 29.0 Å². The Hall–Kier alpha value is -1.62. The molecule has 0 saturated carbocycles. The van der Waals surface area contributed by atoms with E-state index in [-0.39, 0.29) is 18.0 Å². The molecule has 0 atom stereocenters. The van der Waals surface area contributed by atoms with Crippen LogP contribution in [-0.4, -0.2) is 28.5 Å². The van der Waals surface area contributed by atoms with E-state index in [0.717, 1.165) is 0 Å². The Balaban J connectivity index is 2.38. The van der Waals surface area contributed by atoms with E-state index in [1.54, 1.807) is 6.07 Å². The highest BCUT2D eigenvalue weighted by Gasteiger charge is 2.06. The maximum absolute atomic E-state index is 11.5. The number of rotatable bonds is 5. The Morgan fingerprint density at radius 2 is 2.25 bits per heavy atom. The average Bonchev–Trinajstić information content (AvgIpc) is 2.24. The summed E-state index contributed by atoms with van der Waals surface area (Å²) in [6, 6.07) is 3.02. The minimum Gasteiger partial charge on any atom is -0.481 e. The van der Waals surface area contributed by atoms with Crippen molar-refractivity contribution in [3.8, 4) is 0 Å². The molecule has 0 radical (unpaired) electrons. The fraction of sp³-hybridized carbons (Fsp3) is 0.300. The van der Waals surface area contributed by atoms with Crippen molar-refractivity contribution in [2.75, 3.05) is 6.54 Å². The lowest BCUT2D eigenvalue weighted by Crippen LogP contribution is -2.25. The normalized spacial score (nSPS) is 9.81. The maximum Gasteiger partial charge on any atom is 0.303 e. The number of carboxylic acids is 1. The lowest BCUT2D eigenvalue weighted by atomic mass is 10.3. The third-order valence-electron chi connectivity index (χ3n) is 1.81. The fourth-order valence-corrected chi connectivity index (χ4v) is 1.22. The second-order valence-corrected chi connectivity index (χ2v) is 3.55. The van der Waals surface area contributed by atoms with E-state index in [2.05, 4.69) is 10.3 Å². The molecule has 1 rings (SSSR count). The van der Waals surface area contributed by atoms with Crippen LogP contribution < -0.4 is 5.32 Å². The molecule has 0 aliphatic carbocycles. The fourth-order valence-electron chi connectivity index (χ4n) is 1.06. The molecule has 86 valence electrons. The zero-order chi connectivity index (χ0) is 12.0. The van der Waals surface area contributed by atoms with Crippen LogP contribution in [0.5, 0.6) is 0 Å². The molecule has 1 aromatic heterocycles. The third-order valence-corrected chi connectivity index (χ3v) is 2.04. The molecule has 0 bridgehead atoms. The molecule has 1 amide bonds. The third kappa shape index (κ3) is 4.27. The zero-order valence-corrected chi connectivity index (χ0v) is 9.20. The Kier molecular flexibility index (Phi) is 4.72. The number of halogens is 1. The molecule has 1 heterocycles. The van der Waals surface area contributed by atoms with E-state index in [4.69, 9.17) is 16.7 Å². The van der Waals surface area contributed by atoms with Crippen LogP contribution in [0, 0.1) is 0 Å². The van der Waals surface area contributed by atoms with Gasteiger partial charge in [0.15, 0.2) is 0 Å². The number of hydrogen-bond acceptors (Lipinski definition) is 3. The van der Waals surface area contributed by atoms with Gasteiger partial charge in [0.2, 0.25) is 0 Å². The summed E-state index contributed by atoms with van der Waals surface area (Å²) < 4.78 is 0. The number of hydrogen-bond donors (Lipinski definition) is 2. The molecule has 0 aliphatic heterocycles. The van der Waals surface area contributed by atoms with Crippen LogP contribution >= 0.6 is 11.6 Å². The van der Waals surface area contributed by atoms with Crippen molar-refractivity contribution in [1.82, 2.24) is 10.3 Å². The predicted molar refractivity (Wildman–Crippen MR) is 58.5 cm³/mol. The van der Waals surface area contributed by atoms with Gasteiger partial charge < -0.3 is 10.4 Å². The molecule has 0 fully saturated rings. The average molecular weight is 243 g/mol. The molecule has 0 aromatic carbocycles. The Bertz CT molecular complexity index is 395. The number of carbonyl (C=O) groups is 2. The van der Waals surface area contributed by atoms with Gasteiger partial charge in [0, 0.05) is 24.2 Å². The van der Waals surface area contributed by atoms with Crippen molar-refractivity contribution >= 4 is 23.5 Å². The van der Waals surface area contributed by atoms with E-state index in [1.165, 1.54) is 12.3 Å². The first-order valence-corrected chi connectivity index (χ1v) is 5.09. The standard InChI is InChI=1S/C10H11ClN2O3/c11-7-3-5-12-8(6-7)10(16)13-4-1-2-9(14)15/h3,5-6H,1-2,4H2,(H,13,16)(H,14,15). The number of carboxylic acid groups (broad SMARTS) is 1. The number of aromatic nitrogens is 1. The SMILES string of the molecule is O=C(O)CCCNC(=O)c1cc(Cl)ccn1. The van der Waals surface area contributed by atoms with Crippen LogP contribution in [0.15, 0.2) is 18.3 Å². The van der Waals surface area contributed by atoms with Gasteiger partial charge in [-0.3, -0.25) is 14.6 Å². The second-order valence-electron chi connectivity index (χ2n) is 3.11. The van der Waals surface area contributed by atoms with Gasteiger partial charge in [-0.25, -0.2) is 0 Å². The van der Waals surface area contributed by atoms with Gasteiger partial charge in [-0.2, -0.15) is 0 Å². The minimum atomic E-state index is -0.880. The summed E-state index contributed by atoms with van der Waals surface area (Å²) in [6.45, 7) is 0.305. The van der Waals surface area contributed by atoms with E-state index in [9.17, 15) is 9.59 Å². The molecular formula is C10H11ClN2O3. The van der Waals surface area contributed by atoms with Gasteiger partial charge in [-0.15, -0.1) is 0 Å². The maximum atomic E-state index is 11.5. The smallest absolute Gasteiger partial charge is 0.303 e. The molecule has 16 heavy (non-hydrogen) atoms. The summed E-state index contributed by atoms with van der Waals surface area (Å²) in [5, 5.41) is 11.4. The molecule has 5 nitrogen and oxygen atoms in total. The molecule has 0 spiro atoms. The van der Waals surface area contributed by atoms with Crippen molar-refractivity contribution in [2.45, 2.75) is 12.8 Å². The summed E-state index contributed by atoms with van der Waals surface area (Å²) in [5.41, 5.74) is 0.225. The van der Waals surface area contributed by atoms with Gasteiger partial charge in [0.1, 0.15) is 5.69 Å². The lowest BCUT2D eigenvalue weighted by Gasteiger charge is -2.03. The zero-order valence-electron chi connectivity index (χ0n) is 8.44. The van der Waals surface area contributed by atoms with Crippen LogP contribution in [0.3, 0.4) is 0 Å². The predicted octanol–water partition coefficient (Wildman–Crippen LogP) is 1.33. The van der Waals surface area contributed by atoms with Gasteiger partial charge >= 0.3 is 5.97 Å². The number of pyridine rings is 1. The number of amides is 1. The first kappa shape index (κ1) is 12.4. The van der Waals surface area contributed by atoms with Crippen molar-refractivity contribution in [3.63, 3.8) is 0 Å². The summed E-state index contributed by atoms with van der Waals surface area (Å²) in [4.78, 5) is 25.5. The molecule has 2 N–H and O–H groups in total. The van der Waals surface area contributed by atoms with Crippen molar-refractivity contribution in [1.29, 1.82) is 0 Å². The van der Waals surface area contributed by atoms with Gasteiger partial charge in [0.05, 0.1) is 0 Å². The van der Waals surface area contributed by atoms with E-state index >= 15 is 0 Å². The molecule has 0 saturated heterocycles. The monoisotopic (exact) mass is 242 g/mol. The Labute approximate surface area is 97.4 Å². The quantitative estimate of drug-likeness (QED) is 0.764. The van der Waals surface area contributed by atoms with Crippen molar-refractivity contribution < 1.29 is 14.7 Å². The minimum absolute atomic E-state index is 0.0310.